The lowest BCUT2D eigenvalue weighted by atomic mass is 10.2. The molecule has 0 aliphatic rings. The second-order valence-corrected chi connectivity index (χ2v) is 9.24. The Morgan fingerprint density at radius 2 is 1.83 bits per heavy atom. The molecule has 0 saturated heterocycles. The second-order valence-electron chi connectivity index (χ2n) is 8.07. The number of esters is 1. The van der Waals surface area contributed by atoms with Crippen LogP contribution < -0.4 is 4.90 Å². The van der Waals surface area contributed by atoms with Crippen LogP contribution >= 0.6 is 11.3 Å². The molecular weight excluding hydrogens is 487 g/mol. The number of hydrogen-bond acceptors (Lipinski definition) is 11. The van der Waals surface area contributed by atoms with Gasteiger partial charge >= 0.3 is 18.0 Å². The Balaban J connectivity index is 1.68. The van der Waals surface area contributed by atoms with Gasteiger partial charge in [0.25, 0.3) is 0 Å². The summed E-state index contributed by atoms with van der Waals surface area (Å²) >= 11 is 1.15. The van der Waals surface area contributed by atoms with Crippen LogP contribution in [-0.4, -0.2) is 41.6 Å². The number of aromatic nitrogens is 6. The molecule has 0 saturated carbocycles. The molecule has 0 aliphatic heterocycles. The molecule has 0 fully saturated rings. The van der Waals surface area contributed by atoms with Gasteiger partial charge in [-0.15, -0.1) is 11.3 Å². The van der Waals surface area contributed by atoms with E-state index in [4.69, 9.17) is 4.74 Å². The molecule has 0 aromatic carbocycles. The number of anilines is 2. The number of carbonyl (C=O) groups excluding carboxylic acids is 1. The Bertz CT molecular complexity index is 1320. The maximum absolute atomic E-state index is 12.8. The first kappa shape index (κ1) is 24.2. The molecule has 35 heavy (non-hydrogen) atoms. The summed E-state index contributed by atoms with van der Waals surface area (Å²) in [5, 5.41) is 3.42. The smallest absolute Gasteiger partial charge is 0.455 e. The molecule has 0 amide bonds. The van der Waals surface area contributed by atoms with Crippen molar-refractivity contribution in [2.24, 2.45) is 0 Å². The molecule has 14 heteroatoms. The zero-order valence-electron chi connectivity index (χ0n) is 18.6. The van der Waals surface area contributed by atoms with Crippen molar-refractivity contribution in [3.05, 3.63) is 59.6 Å². The molecule has 0 aliphatic carbocycles. The summed E-state index contributed by atoms with van der Waals surface area (Å²) < 4.78 is 48.2. The van der Waals surface area contributed by atoms with E-state index in [0.29, 0.717) is 15.6 Å². The van der Waals surface area contributed by atoms with Crippen molar-refractivity contribution < 1.29 is 27.2 Å². The summed E-state index contributed by atoms with van der Waals surface area (Å²) in [4.78, 5) is 35.8. The standard InChI is InChI=1S/C21H18F3N7O3S/c1-20(2,3)33-18(32)15-17(28-9-8-27-15)31(14-10-25-6-7-26-14)11-12-4-5-13(35-12)16-29-19(34-30-16)21(22,23)24/h4-10H,11H2,1-3H3. The van der Waals surface area contributed by atoms with Crippen LogP contribution in [0.3, 0.4) is 0 Å². The minimum atomic E-state index is -4.74. The third-order valence-corrected chi connectivity index (χ3v) is 5.28. The van der Waals surface area contributed by atoms with Gasteiger partial charge in [0.15, 0.2) is 17.3 Å². The van der Waals surface area contributed by atoms with Crippen LogP contribution in [-0.2, 0) is 17.5 Å². The Labute approximate surface area is 200 Å². The number of carbonyl (C=O) groups is 1. The topological polar surface area (TPSA) is 120 Å². The second kappa shape index (κ2) is 9.37. The van der Waals surface area contributed by atoms with Crippen LogP contribution in [0.5, 0.6) is 0 Å². The molecule has 4 aromatic rings. The minimum Gasteiger partial charge on any atom is -0.455 e. The average molecular weight is 505 g/mol. The molecule has 0 bridgehead atoms. The van der Waals surface area contributed by atoms with Crippen LogP contribution in [0.2, 0.25) is 0 Å². The molecule has 4 aromatic heterocycles. The highest BCUT2D eigenvalue weighted by molar-refractivity contribution is 7.15. The zero-order valence-corrected chi connectivity index (χ0v) is 19.5. The van der Waals surface area contributed by atoms with E-state index in [-0.39, 0.29) is 23.9 Å². The van der Waals surface area contributed by atoms with E-state index in [1.165, 1.54) is 31.0 Å². The van der Waals surface area contributed by atoms with Crippen molar-refractivity contribution in [1.29, 1.82) is 0 Å². The summed E-state index contributed by atoms with van der Waals surface area (Å²) in [7, 11) is 0. The van der Waals surface area contributed by atoms with Crippen molar-refractivity contribution >= 4 is 28.9 Å². The summed E-state index contributed by atoms with van der Waals surface area (Å²) in [6.45, 7) is 5.34. The molecule has 4 rings (SSSR count). The van der Waals surface area contributed by atoms with Crippen molar-refractivity contribution in [3.63, 3.8) is 0 Å². The minimum absolute atomic E-state index is 0.0298. The lowest BCUT2D eigenvalue weighted by Crippen LogP contribution is -2.27. The predicted molar refractivity (Wildman–Crippen MR) is 118 cm³/mol. The summed E-state index contributed by atoms with van der Waals surface area (Å²) in [6.07, 6.45) is 2.50. The quantitative estimate of drug-likeness (QED) is 0.341. The number of halogens is 3. The fraction of sp³-hybridized carbons (Fsp3) is 0.286. The summed E-state index contributed by atoms with van der Waals surface area (Å²) in [6, 6.07) is 3.27. The van der Waals surface area contributed by atoms with Crippen molar-refractivity contribution in [2.75, 3.05) is 4.90 Å². The third-order valence-electron chi connectivity index (χ3n) is 4.22. The largest absolute Gasteiger partial charge is 0.471 e. The van der Waals surface area contributed by atoms with Gasteiger partial charge in [0.2, 0.25) is 5.82 Å². The van der Waals surface area contributed by atoms with Gasteiger partial charge in [0.1, 0.15) is 5.60 Å². The van der Waals surface area contributed by atoms with E-state index in [2.05, 4.69) is 34.6 Å². The molecule has 0 atom stereocenters. The molecule has 0 spiro atoms. The fourth-order valence-corrected chi connectivity index (χ4v) is 3.79. The number of thiophene rings is 1. The van der Waals surface area contributed by atoms with Crippen LogP contribution in [0.4, 0.5) is 24.8 Å². The van der Waals surface area contributed by atoms with Crippen molar-refractivity contribution in [2.45, 2.75) is 39.1 Å². The van der Waals surface area contributed by atoms with Crippen LogP contribution in [0.15, 0.2) is 47.6 Å². The van der Waals surface area contributed by atoms with E-state index < -0.39 is 23.6 Å². The normalized spacial score (nSPS) is 11.9. The van der Waals surface area contributed by atoms with E-state index in [1.54, 1.807) is 37.8 Å². The van der Waals surface area contributed by atoms with Crippen LogP contribution in [0.1, 0.15) is 42.0 Å². The third kappa shape index (κ3) is 5.77. The van der Waals surface area contributed by atoms with Crippen LogP contribution in [0, 0.1) is 0 Å². The first-order valence-corrected chi connectivity index (χ1v) is 10.9. The molecule has 0 N–H and O–H groups in total. The highest BCUT2D eigenvalue weighted by atomic mass is 32.1. The molecule has 10 nitrogen and oxygen atoms in total. The summed E-state index contributed by atoms with van der Waals surface area (Å²) in [5.74, 6) is -1.74. The van der Waals surface area contributed by atoms with Gasteiger partial charge < -0.3 is 14.2 Å². The van der Waals surface area contributed by atoms with Gasteiger partial charge in [-0.05, 0) is 32.9 Å². The molecule has 0 radical (unpaired) electrons. The first-order valence-electron chi connectivity index (χ1n) is 10.1. The van der Waals surface area contributed by atoms with Gasteiger partial charge in [-0.3, -0.25) is 4.98 Å². The first-order chi connectivity index (χ1) is 16.5. The average Bonchev–Trinajstić information content (AvgIpc) is 3.46. The number of rotatable bonds is 6. The maximum Gasteiger partial charge on any atom is 0.471 e. The Kier molecular flexibility index (Phi) is 6.47. The van der Waals surface area contributed by atoms with E-state index in [0.717, 1.165) is 11.3 Å². The SMILES string of the molecule is CC(C)(C)OC(=O)c1nccnc1N(Cc1ccc(-c2noc(C(F)(F)F)n2)s1)c1cnccn1. The number of ether oxygens (including phenoxy) is 1. The fourth-order valence-electron chi connectivity index (χ4n) is 2.87. The Morgan fingerprint density at radius 3 is 2.49 bits per heavy atom. The van der Waals surface area contributed by atoms with E-state index in [9.17, 15) is 18.0 Å². The van der Waals surface area contributed by atoms with Gasteiger partial charge in [-0.1, -0.05) is 5.16 Å². The van der Waals surface area contributed by atoms with E-state index in [1.807, 2.05) is 0 Å². The van der Waals surface area contributed by atoms with E-state index >= 15 is 0 Å². The zero-order chi connectivity index (χ0) is 25.2. The predicted octanol–water partition coefficient (Wildman–Crippen LogP) is 4.69. The van der Waals surface area contributed by atoms with Gasteiger partial charge in [-0.25, -0.2) is 19.7 Å². The molecule has 4 heterocycles. The Morgan fingerprint density at radius 1 is 1.09 bits per heavy atom. The maximum atomic E-state index is 12.8. The Hall–Kier alpha value is -3.94. The van der Waals surface area contributed by atoms with Crippen LogP contribution in [0.25, 0.3) is 10.7 Å². The van der Waals surface area contributed by atoms with Gasteiger partial charge in [0.05, 0.1) is 17.6 Å². The van der Waals surface area contributed by atoms with Crippen molar-refractivity contribution in [3.8, 4) is 10.7 Å². The summed E-state index contributed by atoms with van der Waals surface area (Å²) in [5.41, 5.74) is -0.788. The molecule has 182 valence electrons. The monoisotopic (exact) mass is 505 g/mol. The number of alkyl halides is 3. The van der Waals surface area contributed by atoms with Crippen molar-refractivity contribution in [1.82, 2.24) is 30.1 Å². The number of hydrogen-bond donors (Lipinski definition) is 0. The number of nitrogens with zero attached hydrogens (tertiary/aromatic N) is 7. The lowest BCUT2D eigenvalue weighted by molar-refractivity contribution is -0.159. The van der Waals surface area contributed by atoms with Gasteiger partial charge in [0, 0.05) is 29.7 Å². The van der Waals surface area contributed by atoms with Gasteiger partial charge in [-0.2, -0.15) is 18.2 Å². The molecule has 0 unspecified atom stereocenters. The lowest BCUT2D eigenvalue weighted by Gasteiger charge is -2.24. The highest BCUT2D eigenvalue weighted by Gasteiger charge is 2.38. The highest BCUT2D eigenvalue weighted by Crippen LogP contribution is 2.34. The molecular formula is C21H18F3N7O3S.